The van der Waals surface area contributed by atoms with Gasteiger partial charge in [-0.2, -0.15) is 4.31 Å². The van der Waals surface area contributed by atoms with Crippen LogP contribution in [0.2, 0.25) is 0 Å². The minimum absolute atomic E-state index is 0.201. The average molecular weight is 286 g/mol. The molecule has 0 saturated carbocycles. The molecule has 0 bridgehead atoms. The Kier molecular flexibility index (Phi) is 4.42. The van der Waals surface area contributed by atoms with Crippen molar-refractivity contribution in [2.24, 2.45) is 0 Å². The van der Waals surface area contributed by atoms with E-state index < -0.39 is 10.0 Å². The van der Waals surface area contributed by atoms with Crippen LogP contribution < -0.4 is 4.90 Å². The summed E-state index contributed by atoms with van der Waals surface area (Å²) in [5.41, 5.74) is 0.813. The number of rotatable bonds is 4. The van der Waals surface area contributed by atoms with Gasteiger partial charge in [-0.25, -0.2) is 12.8 Å². The summed E-state index contributed by atoms with van der Waals surface area (Å²) in [7, 11) is -3.11. The van der Waals surface area contributed by atoms with Crippen LogP contribution in [0.25, 0.3) is 0 Å². The molecule has 1 aliphatic rings. The number of nitrogens with zero attached hydrogens (tertiary/aromatic N) is 2. The summed E-state index contributed by atoms with van der Waals surface area (Å²) >= 11 is 0. The van der Waals surface area contributed by atoms with Crippen molar-refractivity contribution in [1.29, 1.82) is 0 Å². The van der Waals surface area contributed by atoms with Crippen molar-refractivity contribution in [3.63, 3.8) is 0 Å². The summed E-state index contributed by atoms with van der Waals surface area (Å²) in [5.74, 6) is -0.0639. The van der Waals surface area contributed by atoms with Crippen LogP contribution >= 0.6 is 0 Å². The Morgan fingerprint density at radius 1 is 1.21 bits per heavy atom. The van der Waals surface area contributed by atoms with E-state index in [4.69, 9.17) is 0 Å². The highest BCUT2D eigenvalue weighted by Crippen LogP contribution is 2.18. The molecule has 0 spiro atoms. The van der Waals surface area contributed by atoms with Gasteiger partial charge in [-0.15, -0.1) is 0 Å². The third-order valence-corrected chi connectivity index (χ3v) is 5.34. The number of benzene rings is 1. The first-order chi connectivity index (χ1) is 9.03. The van der Waals surface area contributed by atoms with Gasteiger partial charge in [-0.1, -0.05) is 13.0 Å². The summed E-state index contributed by atoms with van der Waals surface area (Å²) in [6, 6.07) is 6.41. The Hall–Kier alpha value is -1.14. The predicted octanol–water partition coefficient (Wildman–Crippen LogP) is 1.69. The Labute approximate surface area is 113 Å². The number of piperazine rings is 1. The van der Waals surface area contributed by atoms with Crippen LogP contribution in [-0.4, -0.2) is 44.7 Å². The molecule has 0 amide bonds. The van der Waals surface area contributed by atoms with Crippen LogP contribution in [0.4, 0.5) is 10.1 Å². The lowest BCUT2D eigenvalue weighted by Crippen LogP contribution is -2.49. The lowest BCUT2D eigenvalue weighted by atomic mass is 10.2. The molecule has 1 aromatic carbocycles. The molecule has 4 nitrogen and oxygen atoms in total. The van der Waals surface area contributed by atoms with Crippen LogP contribution in [0.1, 0.15) is 13.3 Å². The van der Waals surface area contributed by atoms with Gasteiger partial charge in [0.05, 0.1) is 5.75 Å². The third-order valence-electron chi connectivity index (χ3n) is 3.27. The zero-order valence-corrected chi connectivity index (χ0v) is 11.9. The van der Waals surface area contributed by atoms with Gasteiger partial charge in [-0.3, -0.25) is 0 Å². The summed E-state index contributed by atoms with van der Waals surface area (Å²) in [5, 5.41) is 0. The third kappa shape index (κ3) is 3.45. The second-order valence-electron chi connectivity index (χ2n) is 4.68. The zero-order chi connectivity index (χ0) is 13.9. The largest absolute Gasteiger partial charge is 0.369 e. The summed E-state index contributed by atoms with van der Waals surface area (Å²) in [6.45, 7) is 4.01. The van der Waals surface area contributed by atoms with Crippen LogP contribution in [0.5, 0.6) is 0 Å². The Morgan fingerprint density at radius 3 is 2.47 bits per heavy atom. The van der Waals surface area contributed by atoms with Gasteiger partial charge in [0.25, 0.3) is 0 Å². The molecule has 1 aliphatic heterocycles. The molecule has 0 N–H and O–H groups in total. The molecule has 0 atom stereocenters. The molecule has 1 saturated heterocycles. The lowest BCUT2D eigenvalue weighted by Gasteiger charge is -2.35. The zero-order valence-electron chi connectivity index (χ0n) is 11.0. The van der Waals surface area contributed by atoms with Crippen LogP contribution in [-0.2, 0) is 10.0 Å². The molecule has 6 heteroatoms. The standard InChI is InChI=1S/C13H19FN2O2S/c1-2-10-19(17,18)16-8-6-15(7-9-16)13-5-3-4-12(14)11-13/h3-5,11H,2,6-10H2,1H3. The SMILES string of the molecule is CCCS(=O)(=O)N1CCN(c2cccc(F)c2)CC1. The van der Waals surface area contributed by atoms with E-state index in [0.29, 0.717) is 32.6 Å². The summed E-state index contributed by atoms with van der Waals surface area (Å²) in [6.07, 6.45) is 0.631. The molecule has 0 unspecified atom stereocenters. The highest BCUT2D eigenvalue weighted by molar-refractivity contribution is 7.89. The first-order valence-corrected chi connectivity index (χ1v) is 8.12. The van der Waals surface area contributed by atoms with E-state index in [1.54, 1.807) is 6.07 Å². The van der Waals surface area contributed by atoms with E-state index in [9.17, 15) is 12.8 Å². The van der Waals surface area contributed by atoms with Crippen molar-refractivity contribution in [2.75, 3.05) is 36.8 Å². The van der Waals surface area contributed by atoms with Crippen molar-refractivity contribution in [1.82, 2.24) is 4.31 Å². The molecule has 1 aromatic rings. The lowest BCUT2D eigenvalue weighted by molar-refractivity contribution is 0.384. The minimum Gasteiger partial charge on any atom is -0.369 e. The number of hydrogen-bond donors (Lipinski definition) is 0. The van der Waals surface area contributed by atoms with Crippen molar-refractivity contribution in [2.45, 2.75) is 13.3 Å². The second-order valence-corrected chi connectivity index (χ2v) is 6.77. The maximum atomic E-state index is 13.2. The quantitative estimate of drug-likeness (QED) is 0.845. The van der Waals surface area contributed by atoms with Crippen LogP contribution in [0.3, 0.4) is 0 Å². The normalized spacial score (nSPS) is 17.7. The topological polar surface area (TPSA) is 40.6 Å². The van der Waals surface area contributed by atoms with Gasteiger partial charge in [0.15, 0.2) is 0 Å². The number of anilines is 1. The van der Waals surface area contributed by atoms with Gasteiger partial charge in [0.2, 0.25) is 10.0 Å². The monoisotopic (exact) mass is 286 g/mol. The van der Waals surface area contributed by atoms with E-state index in [1.807, 2.05) is 17.9 Å². The smallest absolute Gasteiger partial charge is 0.214 e. The fraction of sp³-hybridized carbons (Fsp3) is 0.538. The molecular formula is C13H19FN2O2S. The number of halogens is 1. The molecular weight excluding hydrogens is 267 g/mol. The Bertz CT molecular complexity index is 525. The maximum Gasteiger partial charge on any atom is 0.214 e. The van der Waals surface area contributed by atoms with Crippen LogP contribution in [0.15, 0.2) is 24.3 Å². The number of hydrogen-bond acceptors (Lipinski definition) is 3. The van der Waals surface area contributed by atoms with E-state index in [1.165, 1.54) is 16.4 Å². The van der Waals surface area contributed by atoms with Crippen molar-refractivity contribution in [3.8, 4) is 0 Å². The molecule has 0 aliphatic carbocycles. The van der Waals surface area contributed by atoms with E-state index in [-0.39, 0.29) is 11.6 Å². The molecule has 0 radical (unpaired) electrons. The highest BCUT2D eigenvalue weighted by atomic mass is 32.2. The maximum absolute atomic E-state index is 13.2. The van der Waals surface area contributed by atoms with Crippen molar-refractivity contribution in [3.05, 3.63) is 30.1 Å². The van der Waals surface area contributed by atoms with E-state index in [0.717, 1.165) is 5.69 Å². The molecule has 1 fully saturated rings. The van der Waals surface area contributed by atoms with Crippen LogP contribution in [0, 0.1) is 5.82 Å². The highest BCUT2D eigenvalue weighted by Gasteiger charge is 2.26. The molecule has 1 heterocycles. The van der Waals surface area contributed by atoms with Gasteiger partial charge < -0.3 is 4.90 Å². The van der Waals surface area contributed by atoms with Gasteiger partial charge >= 0.3 is 0 Å². The first kappa shape index (κ1) is 14.3. The summed E-state index contributed by atoms with van der Waals surface area (Å²) < 4.78 is 38.6. The fourth-order valence-electron chi connectivity index (χ4n) is 2.28. The van der Waals surface area contributed by atoms with Crippen molar-refractivity contribution < 1.29 is 12.8 Å². The Morgan fingerprint density at radius 2 is 1.89 bits per heavy atom. The van der Waals surface area contributed by atoms with Gasteiger partial charge in [-0.05, 0) is 24.6 Å². The minimum atomic E-state index is -3.11. The molecule has 106 valence electrons. The molecule has 19 heavy (non-hydrogen) atoms. The molecule has 0 aromatic heterocycles. The Balaban J connectivity index is 2.00. The van der Waals surface area contributed by atoms with E-state index >= 15 is 0 Å². The average Bonchev–Trinajstić information content (AvgIpc) is 2.39. The fourth-order valence-corrected chi connectivity index (χ4v) is 3.78. The van der Waals surface area contributed by atoms with E-state index in [2.05, 4.69) is 0 Å². The van der Waals surface area contributed by atoms with Crippen molar-refractivity contribution >= 4 is 15.7 Å². The summed E-state index contributed by atoms with van der Waals surface area (Å²) in [4.78, 5) is 2.01. The van der Waals surface area contributed by atoms with Gasteiger partial charge in [0.1, 0.15) is 5.82 Å². The first-order valence-electron chi connectivity index (χ1n) is 6.51. The number of sulfonamides is 1. The second kappa shape index (κ2) is 5.88. The molecule has 2 rings (SSSR count). The van der Waals surface area contributed by atoms with Gasteiger partial charge in [0, 0.05) is 31.9 Å². The predicted molar refractivity (Wildman–Crippen MR) is 74.3 cm³/mol.